The molecule has 204 valence electrons. The smallest absolute Gasteiger partial charge is 0.490 e. The summed E-state index contributed by atoms with van der Waals surface area (Å²) in [7, 11) is -2.40. The van der Waals surface area contributed by atoms with Crippen LogP contribution >= 0.6 is 0 Å². The Morgan fingerprint density at radius 2 is 1.81 bits per heavy atom. The molecule has 3 rings (SSSR count). The Bertz CT molecular complexity index is 1200. The lowest BCUT2D eigenvalue weighted by Gasteiger charge is -2.30. The average Bonchev–Trinajstić information content (AvgIpc) is 2.83. The summed E-state index contributed by atoms with van der Waals surface area (Å²) >= 11 is 0. The van der Waals surface area contributed by atoms with Gasteiger partial charge in [0.2, 0.25) is 0 Å². The molecule has 0 spiro atoms. The summed E-state index contributed by atoms with van der Waals surface area (Å²) in [5.74, 6) is -2.08. The third-order valence-electron chi connectivity index (χ3n) is 4.79. The van der Waals surface area contributed by atoms with Crippen LogP contribution in [0.2, 0.25) is 0 Å². The number of benzene rings is 1. The highest BCUT2D eigenvalue weighted by molar-refractivity contribution is 7.92. The topological polar surface area (TPSA) is 150 Å². The van der Waals surface area contributed by atoms with Crippen LogP contribution in [0, 0.1) is 0 Å². The number of anilines is 2. The number of sulfonamides is 1. The molecule has 11 nitrogen and oxygen atoms in total. The van der Waals surface area contributed by atoms with Crippen LogP contribution in [0.3, 0.4) is 0 Å². The SMILES string of the molecule is COc1cccc(S(=O)(=O)Nc2cnc(N3CCNCC3)c(C(=O)NC(C)C)c2)c1.O=C(O)C(F)(F)F. The molecule has 15 heteroatoms. The van der Waals surface area contributed by atoms with E-state index in [9.17, 15) is 26.4 Å². The number of hydrogen-bond acceptors (Lipinski definition) is 8. The lowest BCUT2D eigenvalue weighted by molar-refractivity contribution is -0.192. The molecule has 0 saturated carbocycles. The maximum Gasteiger partial charge on any atom is 0.490 e. The Labute approximate surface area is 212 Å². The van der Waals surface area contributed by atoms with Crippen LogP contribution in [0.1, 0.15) is 24.2 Å². The van der Waals surface area contributed by atoms with E-state index < -0.39 is 22.2 Å². The number of rotatable bonds is 7. The van der Waals surface area contributed by atoms with Crippen LogP contribution in [0.25, 0.3) is 0 Å². The van der Waals surface area contributed by atoms with Crippen molar-refractivity contribution in [1.29, 1.82) is 0 Å². The van der Waals surface area contributed by atoms with E-state index in [2.05, 4.69) is 20.3 Å². The Hall–Kier alpha value is -3.59. The van der Waals surface area contributed by atoms with Gasteiger partial charge < -0.3 is 25.4 Å². The van der Waals surface area contributed by atoms with Crippen molar-refractivity contribution in [3.63, 3.8) is 0 Å². The number of halogens is 3. The van der Waals surface area contributed by atoms with E-state index in [-0.39, 0.29) is 22.5 Å². The van der Waals surface area contributed by atoms with Crippen molar-refractivity contribution in [2.75, 3.05) is 42.9 Å². The van der Waals surface area contributed by atoms with Crippen molar-refractivity contribution in [3.8, 4) is 5.75 Å². The summed E-state index contributed by atoms with van der Waals surface area (Å²) < 4.78 is 64.9. The molecule has 4 N–H and O–H groups in total. The first-order valence-electron chi connectivity index (χ1n) is 11.0. The van der Waals surface area contributed by atoms with Crippen LogP contribution in [-0.4, -0.2) is 75.9 Å². The minimum atomic E-state index is -5.08. The molecule has 1 aromatic carbocycles. The second kappa shape index (κ2) is 12.6. The lowest BCUT2D eigenvalue weighted by Crippen LogP contribution is -2.45. The zero-order valence-electron chi connectivity index (χ0n) is 20.3. The van der Waals surface area contributed by atoms with E-state index in [1.807, 2.05) is 18.7 Å². The van der Waals surface area contributed by atoms with Crippen molar-refractivity contribution < 1.29 is 41.0 Å². The highest BCUT2D eigenvalue weighted by Crippen LogP contribution is 2.25. The van der Waals surface area contributed by atoms with Gasteiger partial charge in [-0.1, -0.05) is 6.07 Å². The summed E-state index contributed by atoms with van der Waals surface area (Å²) in [5.41, 5.74) is 0.544. The fraction of sp³-hybridized carbons (Fsp3) is 0.409. The number of ether oxygens (including phenoxy) is 1. The van der Waals surface area contributed by atoms with Gasteiger partial charge in [0, 0.05) is 38.3 Å². The minimum Gasteiger partial charge on any atom is -0.497 e. The Kier molecular flexibility index (Phi) is 10.1. The number of pyridine rings is 1. The molecule has 1 amide bonds. The van der Waals surface area contributed by atoms with Gasteiger partial charge in [-0.05, 0) is 32.0 Å². The molecule has 0 unspecified atom stereocenters. The number of carbonyl (C=O) groups excluding carboxylic acids is 1. The third-order valence-corrected chi connectivity index (χ3v) is 6.17. The highest BCUT2D eigenvalue weighted by Gasteiger charge is 2.38. The van der Waals surface area contributed by atoms with Crippen molar-refractivity contribution in [2.24, 2.45) is 0 Å². The third kappa shape index (κ3) is 8.78. The number of nitrogens with one attached hydrogen (secondary N) is 3. The molecule has 0 aliphatic carbocycles. The Balaban J connectivity index is 0.000000604. The van der Waals surface area contributed by atoms with Crippen molar-refractivity contribution >= 4 is 33.4 Å². The lowest BCUT2D eigenvalue weighted by atomic mass is 10.2. The Morgan fingerprint density at radius 1 is 1.19 bits per heavy atom. The molecule has 1 aromatic heterocycles. The summed E-state index contributed by atoms with van der Waals surface area (Å²) in [5, 5.41) is 13.2. The van der Waals surface area contributed by atoms with Crippen LogP contribution in [0.5, 0.6) is 5.75 Å². The molecule has 1 aliphatic rings. The second-order valence-electron chi connectivity index (χ2n) is 8.05. The van der Waals surface area contributed by atoms with Crippen LogP contribution in [0.15, 0.2) is 41.4 Å². The maximum atomic E-state index is 12.8. The number of hydrogen-bond donors (Lipinski definition) is 4. The van der Waals surface area contributed by atoms with Crippen LogP contribution in [0.4, 0.5) is 24.7 Å². The largest absolute Gasteiger partial charge is 0.497 e. The fourth-order valence-corrected chi connectivity index (χ4v) is 4.20. The summed E-state index contributed by atoms with van der Waals surface area (Å²) in [6.07, 6.45) is -3.65. The number of carboxylic acids is 1. The summed E-state index contributed by atoms with van der Waals surface area (Å²) in [6.45, 7) is 6.73. The molecule has 1 fully saturated rings. The first-order valence-corrected chi connectivity index (χ1v) is 12.5. The van der Waals surface area contributed by atoms with E-state index in [1.54, 1.807) is 12.1 Å². The number of alkyl halides is 3. The molecular weight excluding hydrogens is 519 g/mol. The number of aliphatic carboxylic acids is 1. The molecule has 2 heterocycles. The summed E-state index contributed by atoms with van der Waals surface area (Å²) in [6, 6.07) is 7.62. The van der Waals surface area contributed by atoms with Crippen LogP contribution in [-0.2, 0) is 14.8 Å². The van der Waals surface area contributed by atoms with Gasteiger partial charge in [0.15, 0.2) is 0 Å². The first kappa shape index (κ1) is 29.6. The van der Waals surface area contributed by atoms with Gasteiger partial charge in [-0.3, -0.25) is 9.52 Å². The van der Waals surface area contributed by atoms with E-state index in [0.29, 0.717) is 30.2 Å². The molecule has 0 atom stereocenters. The van der Waals surface area contributed by atoms with Crippen molar-refractivity contribution in [3.05, 3.63) is 42.1 Å². The number of nitrogens with zero attached hydrogens (tertiary/aromatic N) is 2. The van der Waals surface area contributed by atoms with Gasteiger partial charge in [-0.25, -0.2) is 18.2 Å². The Morgan fingerprint density at radius 3 is 2.35 bits per heavy atom. The van der Waals surface area contributed by atoms with Gasteiger partial charge in [0.05, 0.1) is 29.5 Å². The molecule has 2 aromatic rings. The standard InChI is InChI=1S/C20H27N5O4S.C2HF3O2/c1-14(2)23-20(26)18-11-15(13-22-19(18)25-9-7-21-8-10-25)24-30(27,28)17-6-4-5-16(12-17)29-3;3-2(4,5)1(6)7/h4-6,11-14,21,24H,7-10H2,1-3H3,(H,23,26);(H,6,7). The van der Waals surface area contributed by atoms with E-state index >= 15 is 0 Å². The fourth-order valence-electron chi connectivity index (χ4n) is 3.13. The molecule has 1 saturated heterocycles. The minimum absolute atomic E-state index is 0.0567. The number of carbonyl (C=O) groups is 2. The van der Waals surface area contributed by atoms with Crippen molar-refractivity contribution in [1.82, 2.24) is 15.6 Å². The molecule has 37 heavy (non-hydrogen) atoms. The van der Waals surface area contributed by atoms with E-state index in [0.717, 1.165) is 13.1 Å². The van der Waals surface area contributed by atoms with E-state index in [4.69, 9.17) is 14.6 Å². The van der Waals surface area contributed by atoms with Gasteiger partial charge in [0.1, 0.15) is 11.6 Å². The zero-order chi connectivity index (χ0) is 27.8. The summed E-state index contributed by atoms with van der Waals surface area (Å²) in [4.78, 5) is 28.2. The number of piperazine rings is 1. The van der Waals surface area contributed by atoms with Gasteiger partial charge in [-0.2, -0.15) is 13.2 Å². The number of carboxylic acid groups (broad SMARTS) is 1. The molecule has 1 aliphatic heterocycles. The predicted molar refractivity (Wildman–Crippen MR) is 129 cm³/mol. The van der Waals surface area contributed by atoms with E-state index in [1.165, 1.54) is 31.5 Å². The zero-order valence-corrected chi connectivity index (χ0v) is 21.1. The number of methoxy groups -OCH3 is 1. The van der Waals surface area contributed by atoms with Gasteiger partial charge in [0.25, 0.3) is 15.9 Å². The molecule has 0 radical (unpaired) electrons. The molecular formula is C22H28F3N5O6S. The van der Waals surface area contributed by atoms with Crippen molar-refractivity contribution in [2.45, 2.75) is 31.0 Å². The number of amides is 1. The average molecular weight is 548 g/mol. The quantitative estimate of drug-likeness (QED) is 0.409. The van der Waals surface area contributed by atoms with Gasteiger partial charge in [-0.15, -0.1) is 0 Å². The number of aromatic nitrogens is 1. The molecule has 0 bridgehead atoms. The first-order chi connectivity index (χ1) is 17.2. The highest BCUT2D eigenvalue weighted by atomic mass is 32.2. The monoisotopic (exact) mass is 547 g/mol. The maximum absolute atomic E-state index is 12.8. The predicted octanol–water partition coefficient (Wildman–Crippen LogP) is 2.07. The van der Waals surface area contributed by atoms with Gasteiger partial charge >= 0.3 is 12.1 Å². The normalized spacial score (nSPS) is 13.9. The van der Waals surface area contributed by atoms with Crippen LogP contribution < -0.4 is 25.0 Å². The second-order valence-corrected chi connectivity index (χ2v) is 9.73.